The SMILES string of the molecule is CC(C)(C)OC(=O)N1CCC(COc2ccc(I)cc2C#N)CC1. The van der Waals surface area contributed by atoms with Gasteiger partial charge in [-0.1, -0.05) is 0 Å². The second-order valence-corrected chi connectivity index (χ2v) is 8.22. The number of benzene rings is 1. The molecule has 6 heteroatoms. The molecule has 1 aliphatic rings. The van der Waals surface area contributed by atoms with Crippen molar-refractivity contribution in [3.8, 4) is 11.8 Å². The monoisotopic (exact) mass is 442 g/mol. The highest BCUT2D eigenvalue weighted by Gasteiger charge is 2.27. The van der Waals surface area contributed by atoms with Gasteiger partial charge in [-0.05, 0) is 80.3 Å². The molecule has 1 aliphatic heterocycles. The van der Waals surface area contributed by atoms with E-state index in [1.54, 1.807) is 4.90 Å². The molecule has 1 aromatic carbocycles. The molecule has 1 aromatic rings. The van der Waals surface area contributed by atoms with Crippen LogP contribution < -0.4 is 4.74 Å². The number of carbonyl (C=O) groups excluding carboxylic acids is 1. The summed E-state index contributed by atoms with van der Waals surface area (Å²) in [6.45, 7) is 7.55. The van der Waals surface area contributed by atoms with Crippen molar-refractivity contribution in [1.29, 1.82) is 5.26 Å². The molecule has 130 valence electrons. The Morgan fingerprint density at radius 2 is 2.04 bits per heavy atom. The van der Waals surface area contributed by atoms with E-state index in [1.807, 2.05) is 39.0 Å². The van der Waals surface area contributed by atoms with Crippen molar-refractivity contribution >= 4 is 28.7 Å². The summed E-state index contributed by atoms with van der Waals surface area (Å²) in [6, 6.07) is 7.76. The van der Waals surface area contributed by atoms with Gasteiger partial charge in [0.1, 0.15) is 17.4 Å². The lowest BCUT2D eigenvalue weighted by molar-refractivity contribution is 0.0165. The predicted molar refractivity (Wildman–Crippen MR) is 99.9 cm³/mol. The van der Waals surface area contributed by atoms with Crippen molar-refractivity contribution in [2.75, 3.05) is 19.7 Å². The summed E-state index contributed by atoms with van der Waals surface area (Å²) in [5.41, 5.74) is 0.100. The molecule has 0 bridgehead atoms. The average Bonchev–Trinajstić information content (AvgIpc) is 2.52. The number of ether oxygens (including phenoxy) is 2. The Balaban J connectivity index is 1.82. The van der Waals surface area contributed by atoms with Crippen LogP contribution in [0.5, 0.6) is 5.75 Å². The van der Waals surface area contributed by atoms with Crippen molar-refractivity contribution in [3.05, 3.63) is 27.3 Å². The lowest BCUT2D eigenvalue weighted by Crippen LogP contribution is -2.42. The molecule has 0 saturated carbocycles. The topological polar surface area (TPSA) is 62.6 Å². The summed E-state index contributed by atoms with van der Waals surface area (Å²) >= 11 is 2.18. The van der Waals surface area contributed by atoms with Crippen LogP contribution in [-0.2, 0) is 4.74 Å². The first-order valence-electron chi connectivity index (χ1n) is 8.09. The third-order valence-electron chi connectivity index (χ3n) is 3.80. The van der Waals surface area contributed by atoms with E-state index in [-0.39, 0.29) is 6.09 Å². The minimum absolute atomic E-state index is 0.244. The van der Waals surface area contributed by atoms with Crippen LogP contribution >= 0.6 is 22.6 Å². The van der Waals surface area contributed by atoms with Crippen molar-refractivity contribution in [1.82, 2.24) is 4.90 Å². The molecule has 0 N–H and O–H groups in total. The zero-order chi connectivity index (χ0) is 17.7. The quantitative estimate of drug-likeness (QED) is 0.659. The lowest BCUT2D eigenvalue weighted by Gasteiger charge is -2.33. The minimum Gasteiger partial charge on any atom is -0.492 e. The third-order valence-corrected chi connectivity index (χ3v) is 4.47. The molecule has 1 saturated heterocycles. The number of rotatable bonds is 3. The molecule has 1 fully saturated rings. The van der Waals surface area contributed by atoms with Gasteiger partial charge in [0.2, 0.25) is 0 Å². The Kier molecular flexibility index (Phi) is 6.33. The van der Waals surface area contributed by atoms with Crippen LogP contribution in [0.25, 0.3) is 0 Å². The van der Waals surface area contributed by atoms with Crippen LogP contribution in [0.2, 0.25) is 0 Å². The van der Waals surface area contributed by atoms with E-state index >= 15 is 0 Å². The van der Waals surface area contributed by atoms with E-state index in [9.17, 15) is 10.1 Å². The Labute approximate surface area is 157 Å². The third kappa shape index (κ3) is 5.55. The molecule has 0 aromatic heterocycles. The largest absolute Gasteiger partial charge is 0.492 e. The average molecular weight is 442 g/mol. The van der Waals surface area contributed by atoms with Crippen LogP contribution in [0.15, 0.2) is 18.2 Å². The maximum Gasteiger partial charge on any atom is 0.410 e. The highest BCUT2D eigenvalue weighted by molar-refractivity contribution is 14.1. The minimum atomic E-state index is -0.463. The van der Waals surface area contributed by atoms with E-state index in [0.717, 1.165) is 16.4 Å². The molecule has 5 nitrogen and oxygen atoms in total. The second-order valence-electron chi connectivity index (χ2n) is 6.97. The molecule has 0 radical (unpaired) electrons. The van der Waals surface area contributed by atoms with E-state index in [1.165, 1.54) is 0 Å². The molecule has 2 rings (SSSR count). The van der Waals surface area contributed by atoms with Gasteiger partial charge in [-0.25, -0.2) is 4.79 Å². The van der Waals surface area contributed by atoms with Crippen molar-refractivity contribution in [2.24, 2.45) is 5.92 Å². The standard InChI is InChI=1S/C18H23IN2O3/c1-18(2,3)24-17(22)21-8-6-13(7-9-21)12-23-16-5-4-15(19)10-14(16)11-20/h4-5,10,13H,6-9,12H2,1-3H3. The highest BCUT2D eigenvalue weighted by atomic mass is 127. The molecule has 0 spiro atoms. The van der Waals surface area contributed by atoms with E-state index < -0.39 is 5.60 Å². The van der Waals surface area contributed by atoms with Crippen LogP contribution in [-0.4, -0.2) is 36.3 Å². The highest BCUT2D eigenvalue weighted by Crippen LogP contribution is 2.24. The second kappa shape index (κ2) is 8.06. The molecular formula is C18H23IN2O3. The van der Waals surface area contributed by atoms with Gasteiger partial charge in [-0.15, -0.1) is 0 Å². The Hall–Kier alpha value is -1.49. The van der Waals surface area contributed by atoms with Crippen LogP contribution in [0.3, 0.4) is 0 Å². The number of hydrogen-bond acceptors (Lipinski definition) is 4. The van der Waals surface area contributed by atoms with Gasteiger partial charge in [-0.3, -0.25) is 0 Å². The van der Waals surface area contributed by atoms with E-state index in [4.69, 9.17) is 9.47 Å². The first-order valence-corrected chi connectivity index (χ1v) is 9.17. The van der Waals surface area contributed by atoms with Gasteiger partial charge in [0.15, 0.2) is 0 Å². The van der Waals surface area contributed by atoms with Crippen molar-refractivity contribution in [3.63, 3.8) is 0 Å². The zero-order valence-corrected chi connectivity index (χ0v) is 16.5. The molecular weight excluding hydrogens is 419 g/mol. The number of piperidine rings is 1. The maximum absolute atomic E-state index is 12.1. The Morgan fingerprint density at radius 1 is 1.38 bits per heavy atom. The van der Waals surface area contributed by atoms with Crippen molar-refractivity contribution in [2.45, 2.75) is 39.2 Å². The van der Waals surface area contributed by atoms with Gasteiger partial charge in [0, 0.05) is 16.7 Å². The summed E-state index contributed by atoms with van der Waals surface area (Å²) < 4.78 is 12.3. The molecule has 0 unspecified atom stereocenters. The summed E-state index contributed by atoms with van der Waals surface area (Å²) in [5, 5.41) is 9.18. The van der Waals surface area contributed by atoms with E-state index in [2.05, 4.69) is 28.7 Å². The van der Waals surface area contributed by atoms with Gasteiger partial charge >= 0.3 is 6.09 Å². The lowest BCUT2D eigenvalue weighted by atomic mass is 9.98. The smallest absolute Gasteiger partial charge is 0.410 e. The molecule has 0 atom stereocenters. The number of hydrogen-bond donors (Lipinski definition) is 0. The first kappa shape index (κ1) is 18.8. The fourth-order valence-electron chi connectivity index (χ4n) is 2.53. The van der Waals surface area contributed by atoms with Crippen LogP contribution in [0.1, 0.15) is 39.2 Å². The fourth-order valence-corrected chi connectivity index (χ4v) is 3.02. The van der Waals surface area contributed by atoms with Crippen molar-refractivity contribution < 1.29 is 14.3 Å². The van der Waals surface area contributed by atoms with Crippen LogP contribution in [0, 0.1) is 20.8 Å². The maximum atomic E-state index is 12.1. The normalized spacial score (nSPS) is 15.7. The predicted octanol–water partition coefficient (Wildman–Crippen LogP) is 4.19. The summed E-state index contributed by atoms with van der Waals surface area (Å²) in [7, 11) is 0. The summed E-state index contributed by atoms with van der Waals surface area (Å²) in [4.78, 5) is 13.8. The summed E-state index contributed by atoms with van der Waals surface area (Å²) in [6.07, 6.45) is 1.52. The number of nitrogens with zero attached hydrogens (tertiary/aromatic N) is 2. The number of amides is 1. The molecule has 24 heavy (non-hydrogen) atoms. The van der Waals surface area contributed by atoms with Gasteiger partial charge in [0.25, 0.3) is 0 Å². The molecule has 1 heterocycles. The van der Waals surface area contributed by atoms with Gasteiger partial charge in [0.05, 0.1) is 12.2 Å². The Bertz CT molecular complexity index is 626. The van der Waals surface area contributed by atoms with Gasteiger partial charge < -0.3 is 14.4 Å². The molecule has 0 aliphatic carbocycles. The summed E-state index contributed by atoms with van der Waals surface area (Å²) in [5.74, 6) is 1.02. The first-order chi connectivity index (χ1) is 11.3. The molecule has 1 amide bonds. The number of likely N-dealkylation sites (tertiary alicyclic amines) is 1. The Morgan fingerprint density at radius 3 is 2.62 bits per heavy atom. The number of nitriles is 1. The number of carbonyl (C=O) groups is 1. The van der Waals surface area contributed by atoms with Crippen LogP contribution in [0.4, 0.5) is 4.79 Å². The van der Waals surface area contributed by atoms with E-state index in [0.29, 0.717) is 36.9 Å². The zero-order valence-electron chi connectivity index (χ0n) is 14.3. The number of halogens is 1. The van der Waals surface area contributed by atoms with Gasteiger partial charge in [-0.2, -0.15) is 5.26 Å². The fraction of sp³-hybridized carbons (Fsp3) is 0.556.